The molecule has 0 aromatic heterocycles. The number of carbonyl (C=O) groups is 1. The Morgan fingerprint density at radius 1 is 1.11 bits per heavy atom. The van der Waals surface area contributed by atoms with Crippen LogP contribution in [0.4, 0.5) is 0 Å². The molecule has 0 radical (unpaired) electrons. The Hall–Kier alpha value is -0.770. The van der Waals surface area contributed by atoms with Gasteiger partial charge in [0.05, 0.1) is 10.0 Å². The first-order valence-corrected chi connectivity index (χ1v) is 7.21. The summed E-state index contributed by atoms with van der Waals surface area (Å²) in [6, 6.07) is 5.72. The van der Waals surface area contributed by atoms with Gasteiger partial charge in [0, 0.05) is 6.42 Å². The van der Waals surface area contributed by atoms with E-state index in [0.717, 1.165) is 32.4 Å². The van der Waals surface area contributed by atoms with Crippen LogP contribution in [0.3, 0.4) is 0 Å². The van der Waals surface area contributed by atoms with Crippen LogP contribution < -0.4 is 5.32 Å². The molecule has 0 atom stereocenters. The molecule has 0 saturated heterocycles. The van der Waals surface area contributed by atoms with Crippen molar-refractivity contribution >= 4 is 29.2 Å². The van der Waals surface area contributed by atoms with E-state index in [9.17, 15) is 4.79 Å². The van der Waals surface area contributed by atoms with Gasteiger partial charge in [-0.05, 0) is 56.5 Å². The van der Waals surface area contributed by atoms with Crippen molar-refractivity contribution in [2.24, 2.45) is 0 Å². The highest BCUT2D eigenvalue weighted by molar-refractivity contribution is 6.42. The average Bonchev–Trinajstić information content (AvgIpc) is 2.36. The fourth-order valence-electron chi connectivity index (χ4n) is 1.76. The summed E-state index contributed by atoms with van der Waals surface area (Å²) in [6.07, 6.45) is 4.03. The number of benzene rings is 1. The monoisotopic (exact) mass is 303 g/mol. The minimum atomic E-state index is -0.735. The molecular weight excluding hydrogens is 285 g/mol. The summed E-state index contributed by atoms with van der Waals surface area (Å²) in [5, 5.41) is 12.9. The Morgan fingerprint density at radius 2 is 1.84 bits per heavy atom. The Morgan fingerprint density at radius 3 is 2.53 bits per heavy atom. The van der Waals surface area contributed by atoms with E-state index in [1.165, 1.54) is 5.56 Å². The van der Waals surface area contributed by atoms with Crippen LogP contribution >= 0.6 is 23.2 Å². The molecule has 3 nitrogen and oxygen atoms in total. The standard InChI is InChI=1S/C14H19Cl2NO2/c15-12-7-6-11(10-13(12)16)4-1-2-8-17-9-3-5-14(18)19/h6-7,10,17H,1-5,8-9H2,(H,18,19). The Balaban J connectivity index is 2.04. The van der Waals surface area contributed by atoms with Gasteiger partial charge in [-0.15, -0.1) is 0 Å². The van der Waals surface area contributed by atoms with Crippen molar-refractivity contribution in [1.29, 1.82) is 0 Å². The molecule has 0 amide bonds. The molecule has 2 N–H and O–H groups in total. The summed E-state index contributed by atoms with van der Waals surface area (Å²) >= 11 is 11.8. The Labute approximate surface area is 123 Å². The van der Waals surface area contributed by atoms with Crippen molar-refractivity contribution in [3.8, 4) is 0 Å². The van der Waals surface area contributed by atoms with E-state index in [4.69, 9.17) is 28.3 Å². The number of hydrogen-bond donors (Lipinski definition) is 2. The number of carboxylic acid groups (broad SMARTS) is 1. The molecule has 5 heteroatoms. The Kier molecular flexibility index (Phi) is 7.87. The molecule has 0 saturated carbocycles. The molecule has 0 aliphatic carbocycles. The summed E-state index contributed by atoms with van der Waals surface area (Å²) in [5.41, 5.74) is 1.19. The third kappa shape index (κ3) is 7.41. The SMILES string of the molecule is O=C(O)CCCNCCCCc1ccc(Cl)c(Cl)c1. The van der Waals surface area contributed by atoms with E-state index < -0.39 is 5.97 Å². The minimum Gasteiger partial charge on any atom is -0.481 e. The van der Waals surface area contributed by atoms with Crippen LogP contribution in [0.2, 0.25) is 10.0 Å². The van der Waals surface area contributed by atoms with Gasteiger partial charge < -0.3 is 10.4 Å². The normalized spacial score (nSPS) is 10.6. The molecular formula is C14H19Cl2NO2. The van der Waals surface area contributed by atoms with Crippen LogP contribution in [-0.4, -0.2) is 24.2 Å². The Bertz CT molecular complexity index is 410. The number of aliphatic carboxylic acids is 1. The van der Waals surface area contributed by atoms with Gasteiger partial charge in [0.1, 0.15) is 0 Å². The number of unbranched alkanes of at least 4 members (excludes halogenated alkanes) is 1. The second-order valence-corrected chi connectivity index (χ2v) is 5.27. The fraction of sp³-hybridized carbons (Fsp3) is 0.500. The lowest BCUT2D eigenvalue weighted by Crippen LogP contribution is -2.17. The van der Waals surface area contributed by atoms with E-state index in [-0.39, 0.29) is 6.42 Å². The fourth-order valence-corrected chi connectivity index (χ4v) is 2.08. The molecule has 0 heterocycles. The van der Waals surface area contributed by atoms with Crippen molar-refractivity contribution in [3.05, 3.63) is 33.8 Å². The predicted octanol–water partition coefficient (Wildman–Crippen LogP) is 3.77. The maximum absolute atomic E-state index is 10.3. The van der Waals surface area contributed by atoms with Gasteiger partial charge in [-0.25, -0.2) is 0 Å². The molecule has 19 heavy (non-hydrogen) atoms. The van der Waals surface area contributed by atoms with Crippen LogP contribution in [-0.2, 0) is 11.2 Å². The van der Waals surface area contributed by atoms with Crippen molar-refractivity contribution in [1.82, 2.24) is 5.32 Å². The third-order valence-corrected chi connectivity index (χ3v) is 3.54. The molecule has 0 aliphatic rings. The summed E-state index contributed by atoms with van der Waals surface area (Å²) in [7, 11) is 0. The third-order valence-electron chi connectivity index (χ3n) is 2.80. The van der Waals surface area contributed by atoms with E-state index in [1.807, 2.05) is 18.2 Å². The number of halogens is 2. The van der Waals surface area contributed by atoms with Crippen molar-refractivity contribution in [2.45, 2.75) is 32.1 Å². The van der Waals surface area contributed by atoms with Crippen molar-refractivity contribution < 1.29 is 9.90 Å². The number of rotatable bonds is 9. The predicted molar refractivity (Wildman–Crippen MR) is 79.1 cm³/mol. The summed E-state index contributed by atoms with van der Waals surface area (Å²) < 4.78 is 0. The van der Waals surface area contributed by atoms with Crippen LogP contribution in [0, 0.1) is 0 Å². The molecule has 1 rings (SSSR count). The average molecular weight is 304 g/mol. The number of hydrogen-bond acceptors (Lipinski definition) is 2. The van der Waals surface area contributed by atoms with E-state index in [2.05, 4.69) is 5.32 Å². The van der Waals surface area contributed by atoms with Gasteiger partial charge >= 0.3 is 5.97 Å². The van der Waals surface area contributed by atoms with Crippen LogP contribution in [0.1, 0.15) is 31.2 Å². The van der Waals surface area contributed by atoms with Gasteiger partial charge in [0.25, 0.3) is 0 Å². The van der Waals surface area contributed by atoms with Gasteiger partial charge in [0.15, 0.2) is 0 Å². The van der Waals surface area contributed by atoms with Crippen LogP contribution in [0.5, 0.6) is 0 Å². The number of aryl methyl sites for hydroxylation is 1. The zero-order valence-corrected chi connectivity index (χ0v) is 12.3. The second kappa shape index (κ2) is 9.18. The maximum atomic E-state index is 10.3. The lowest BCUT2D eigenvalue weighted by atomic mass is 10.1. The lowest BCUT2D eigenvalue weighted by Gasteiger charge is -2.05. The molecule has 0 unspecified atom stereocenters. The minimum absolute atomic E-state index is 0.232. The first-order valence-electron chi connectivity index (χ1n) is 6.46. The molecule has 1 aromatic carbocycles. The van der Waals surface area contributed by atoms with E-state index in [0.29, 0.717) is 16.5 Å². The first kappa shape index (κ1) is 16.3. The van der Waals surface area contributed by atoms with Crippen LogP contribution in [0.15, 0.2) is 18.2 Å². The highest BCUT2D eigenvalue weighted by atomic mass is 35.5. The summed E-state index contributed by atoms with van der Waals surface area (Å²) in [6.45, 7) is 1.68. The smallest absolute Gasteiger partial charge is 0.303 e. The largest absolute Gasteiger partial charge is 0.481 e. The highest BCUT2D eigenvalue weighted by Gasteiger charge is 2.00. The topological polar surface area (TPSA) is 49.3 Å². The quantitative estimate of drug-likeness (QED) is 0.683. The van der Waals surface area contributed by atoms with Crippen molar-refractivity contribution in [2.75, 3.05) is 13.1 Å². The van der Waals surface area contributed by atoms with E-state index >= 15 is 0 Å². The molecule has 0 fully saturated rings. The van der Waals surface area contributed by atoms with Crippen molar-refractivity contribution in [3.63, 3.8) is 0 Å². The number of nitrogens with one attached hydrogen (secondary N) is 1. The zero-order valence-electron chi connectivity index (χ0n) is 10.8. The van der Waals surface area contributed by atoms with Gasteiger partial charge in [0.2, 0.25) is 0 Å². The molecule has 0 spiro atoms. The highest BCUT2D eigenvalue weighted by Crippen LogP contribution is 2.23. The maximum Gasteiger partial charge on any atom is 0.303 e. The second-order valence-electron chi connectivity index (χ2n) is 4.45. The molecule has 0 aliphatic heterocycles. The molecule has 106 valence electrons. The van der Waals surface area contributed by atoms with Gasteiger partial charge in [-0.1, -0.05) is 29.3 Å². The summed E-state index contributed by atoms with van der Waals surface area (Å²) in [4.78, 5) is 10.3. The van der Waals surface area contributed by atoms with Gasteiger partial charge in [-0.2, -0.15) is 0 Å². The summed E-state index contributed by atoms with van der Waals surface area (Å²) in [5.74, 6) is -0.735. The lowest BCUT2D eigenvalue weighted by molar-refractivity contribution is -0.137. The molecule has 0 bridgehead atoms. The van der Waals surface area contributed by atoms with E-state index in [1.54, 1.807) is 0 Å². The number of carboxylic acids is 1. The molecule has 1 aromatic rings. The first-order chi connectivity index (χ1) is 9.09. The van der Waals surface area contributed by atoms with Crippen LogP contribution in [0.25, 0.3) is 0 Å². The van der Waals surface area contributed by atoms with Gasteiger partial charge in [-0.3, -0.25) is 4.79 Å². The zero-order chi connectivity index (χ0) is 14.1.